The molecule has 1 aromatic carbocycles. The maximum atomic E-state index is 9.45. The lowest BCUT2D eigenvalue weighted by Crippen LogP contribution is -2.23. The van der Waals surface area contributed by atoms with Gasteiger partial charge in [-0.2, -0.15) is 5.26 Å². The van der Waals surface area contributed by atoms with Crippen molar-refractivity contribution in [3.8, 4) is 6.07 Å². The van der Waals surface area contributed by atoms with Gasteiger partial charge in [-0.15, -0.1) is 0 Å². The Bertz CT molecular complexity index is 445. The Kier molecular flexibility index (Phi) is 4.06. The molecular formula is C14H19N3O. The molecular weight excluding hydrogens is 226 g/mol. The number of nitriles is 1. The molecule has 1 aromatic rings. The summed E-state index contributed by atoms with van der Waals surface area (Å²) in [5.41, 5.74) is 7.99. The molecule has 4 heteroatoms. The Morgan fingerprint density at radius 2 is 2.06 bits per heavy atom. The third-order valence-electron chi connectivity index (χ3n) is 3.58. The first kappa shape index (κ1) is 12.7. The topological polar surface area (TPSA) is 82.1 Å². The lowest BCUT2D eigenvalue weighted by Gasteiger charge is -2.26. The van der Waals surface area contributed by atoms with Crippen molar-refractivity contribution < 1.29 is 5.11 Å². The fourth-order valence-electron chi connectivity index (χ4n) is 2.38. The van der Waals surface area contributed by atoms with Gasteiger partial charge in [-0.1, -0.05) is 0 Å². The summed E-state index contributed by atoms with van der Waals surface area (Å²) >= 11 is 0. The molecule has 0 bridgehead atoms. The van der Waals surface area contributed by atoms with Crippen LogP contribution in [0.1, 0.15) is 31.2 Å². The van der Waals surface area contributed by atoms with Crippen LogP contribution in [0.15, 0.2) is 18.2 Å². The minimum Gasteiger partial charge on any atom is -0.397 e. The van der Waals surface area contributed by atoms with E-state index < -0.39 is 0 Å². The number of rotatable bonds is 3. The highest BCUT2D eigenvalue weighted by Crippen LogP contribution is 2.26. The first-order valence-electron chi connectivity index (χ1n) is 6.40. The van der Waals surface area contributed by atoms with E-state index in [0.717, 1.165) is 37.9 Å². The van der Waals surface area contributed by atoms with Crippen molar-refractivity contribution in [1.82, 2.24) is 0 Å². The van der Waals surface area contributed by atoms with E-state index in [1.54, 1.807) is 18.2 Å². The third-order valence-corrected chi connectivity index (χ3v) is 3.58. The van der Waals surface area contributed by atoms with Crippen molar-refractivity contribution in [3.05, 3.63) is 23.8 Å². The molecule has 4 N–H and O–H groups in total. The number of aliphatic hydroxyl groups excluding tert-OH is 1. The molecule has 0 radical (unpaired) electrons. The fraction of sp³-hybridized carbons (Fsp3) is 0.500. The van der Waals surface area contributed by atoms with Crippen LogP contribution in [0.4, 0.5) is 11.4 Å². The van der Waals surface area contributed by atoms with Crippen LogP contribution in [0, 0.1) is 17.2 Å². The molecule has 0 amide bonds. The average molecular weight is 245 g/mol. The number of nitrogens with one attached hydrogen (secondary N) is 1. The Balaban J connectivity index is 1.92. The maximum Gasteiger partial charge on any atom is 0.0992 e. The Labute approximate surface area is 107 Å². The first-order valence-corrected chi connectivity index (χ1v) is 6.40. The van der Waals surface area contributed by atoms with E-state index in [2.05, 4.69) is 11.4 Å². The average Bonchev–Trinajstić information content (AvgIpc) is 2.40. The highest BCUT2D eigenvalue weighted by Gasteiger charge is 2.19. The normalized spacial score (nSPS) is 23.3. The molecule has 4 nitrogen and oxygen atoms in total. The summed E-state index contributed by atoms with van der Waals surface area (Å²) in [6.45, 7) is 0.853. The minimum atomic E-state index is -0.117. The number of benzene rings is 1. The van der Waals surface area contributed by atoms with Gasteiger partial charge in [0.25, 0.3) is 0 Å². The Morgan fingerprint density at radius 1 is 1.33 bits per heavy atom. The van der Waals surface area contributed by atoms with Crippen molar-refractivity contribution >= 4 is 11.4 Å². The van der Waals surface area contributed by atoms with E-state index in [1.807, 2.05) is 0 Å². The number of nitrogen functional groups attached to an aromatic ring is 1. The minimum absolute atomic E-state index is 0.117. The van der Waals surface area contributed by atoms with Crippen LogP contribution >= 0.6 is 0 Å². The van der Waals surface area contributed by atoms with E-state index in [0.29, 0.717) is 17.2 Å². The van der Waals surface area contributed by atoms with Gasteiger partial charge < -0.3 is 16.2 Å². The zero-order chi connectivity index (χ0) is 13.0. The van der Waals surface area contributed by atoms with E-state index in [4.69, 9.17) is 11.0 Å². The predicted molar refractivity (Wildman–Crippen MR) is 72.0 cm³/mol. The summed E-state index contributed by atoms with van der Waals surface area (Å²) in [6, 6.07) is 7.37. The number of anilines is 2. The molecule has 1 saturated carbocycles. The third kappa shape index (κ3) is 3.14. The molecule has 0 unspecified atom stereocenters. The summed E-state index contributed by atoms with van der Waals surface area (Å²) < 4.78 is 0. The Hall–Kier alpha value is -1.73. The van der Waals surface area contributed by atoms with E-state index >= 15 is 0 Å². The largest absolute Gasteiger partial charge is 0.397 e. The van der Waals surface area contributed by atoms with Crippen molar-refractivity contribution in [2.24, 2.45) is 5.92 Å². The van der Waals surface area contributed by atoms with Crippen molar-refractivity contribution in [1.29, 1.82) is 5.26 Å². The lowest BCUT2D eigenvalue weighted by molar-refractivity contribution is 0.111. The van der Waals surface area contributed by atoms with E-state index in [9.17, 15) is 5.11 Å². The van der Waals surface area contributed by atoms with Crippen LogP contribution < -0.4 is 11.1 Å². The summed E-state index contributed by atoms with van der Waals surface area (Å²) in [5, 5.41) is 21.6. The summed E-state index contributed by atoms with van der Waals surface area (Å²) in [4.78, 5) is 0. The fourth-order valence-corrected chi connectivity index (χ4v) is 2.38. The first-order chi connectivity index (χ1) is 8.69. The quantitative estimate of drug-likeness (QED) is 0.712. The van der Waals surface area contributed by atoms with Gasteiger partial charge in [-0.25, -0.2) is 0 Å². The second-order valence-corrected chi connectivity index (χ2v) is 4.97. The van der Waals surface area contributed by atoms with Gasteiger partial charge in [-0.05, 0) is 49.8 Å². The molecule has 0 atom stereocenters. The number of hydrogen-bond acceptors (Lipinski definition) is 4. The van der Waals surface area contributed by atoms with Crippen molar-refractivity contribution in [3.63, 3.8) is 0 Å². The molecule has 2 rings (SSSR count). The number of hydrogen-bond donors (Lipinski definition) is 3. The molecule has 1 fully saturated rings. The monoisotopic (exact) mass is 245 g/mol. The van der Waals surface area contributed by atoms with Gasteiger partial charge in [0.2, 0.25) is 0 Å². The van der Waals surface area contributed by atoms with Gasteiger partial charge in [-0.3, -0.25) is 0 Å². The van der Waals surface area contributed by atoms with E-state index in [-0.39, 0.29) is 6.10 Å². The second kappa shape index (κ2) is 5.74. The van der Waals surface area contributed by atoms with Crippen LogP contribution in [-0.2, 0) is 0 Å². The maximum absolute atomic E-state index is 9.45. The summed E-state index contributed by atoms with van der Waals surface area (Å²) in [7, 11) is 0. The van der Waals surface area contributed by atoms with Crippen LogP contribution in [-0.4, -0.2) is 17.8 Å². The zero-order valence-corrected chi connectivity index (χ0v) is 10.4. The van der Waals surface area contributed by atoms with Crippen LogP contribution in [0.5, 0.6) is 0 Å². The molecule has 0 saturated heterocycles. The predicted octanol–water partition coefficient (Wildman–Crippen LogP) is 2.10. The molecule has 0 aliphatic heterocycles. The SMILES string of the molecule is N#Cc1ccc(N)c(NCC2CCC(O)CC2)c1. The molecule has 18 heavy (non-hydrogen) atoms. The summed E-state index contributed by atoms with van der Waals surface area (Å²) in [5.74, 6) is 0.582. The van der Waals surface area contributed by atoms with Gasteiger partial charge in [0.1, 0.15) is 0 Å². The number of nitrogens with zero attached hydrogens (tertiary/aromatic N) is 1. The van der Waals surface area contributed by atoms with Crippen LogP contribution in [0.2, 0.25) is 0 Å². The smallest absolute Gasteiger partial charge is 0.0992 e. The highest BCUT2D eigenvalue weighted by molar-refractivity contribution is 5.68. The number of nitrogens with two attached hydrogens (primary N) is 1. The number of aliphatic hydroxyl groups is 1. The van der Waals surface area contributed by atoms with Crippen LogP contribution in [0.25, 0.3) is 0 Å². The molecule has 0 aromatic heterocycles. The molecule has 96 valence electrons. The van der Waals surface area contributed by atoms with Gasteiger partial charge >= 0.3 is 0 Å². The Morgan fingerprint density at radius 3 is 2.72 bits per heavy atom. The summed E-state index contributed by atoms with van der Waals surface area (Å²) in [6.07, 6.45) is 3.76. The van der Waals surface area contributed by atoms with Crippen LogP contribution in [0.3, 0.4) is 0 Å². The van der Waals surface area contributed by atoms with Gasteiger partial charge in [0.15, 0.2) is 0 Å². The van der Waals surface area contributed by atoms with Crippen molar-refractivity contribution in [2.45, 2.75) is 31.8 Å². The molecule has 0 spiro atoms. The van der Waals surface area contributed by atoms with Gasteiger partial charge in [0.05, 0.1) is 29.1 Å². The lowest BCUT2D eigenvalue weighted by atomic mass is 9.87. The second-order valence-electron chi connectivity index (χ2n) is 4.97. The molecule has 1 aliphatic carbocycles. The van der Waals surface area contributed by atoms with Gasteiger partial charge in [0, 0.05) is 6.54 Å². The molecule has 1 aliphatic rings. The standard InChI is InChI=1S/C14H19N3O/c15-8-11-3-6-13(16)14(7-11)17-9-10-1-4-12(18)5-2-10/h3,6-7,10,12,17-18H,1-2,4-5,9,16H2. The van der Waals surface area contributed by atoms with Crippen molar-refractivity contribution in [2.75, 3.05) is 17.6 Å². The highest BCUT2D eigenvalue weighted by atomic mass is 16.3. The zero-order valence-electron chi connectivity index (χ0n) is 10.4. The molecule has 0 heterocycles. The van der Waals surface area contributed by atoms with E-state index in [1.165, 1.54) is 0 Å².